The van der Waals surface area contributed by atoms with Gasteiger partial charge in [0.05, 0.1) is 4.90 Å². The number of aryl methyl sites for hydroxylation is 1. The Kier molecular flexibility index (Phi) is 3.22. The van der Waals surface area contributed by atoms with Gasteiger partial charge in [-0.25, -0.2) is 13.1 Å². The van der Waals surface area contributed by atoms with Gasteiger partial charge in [0, 0.05) is 11.7 Å². The van der Waals surface area contributed by atoms with Crippen molar-refractivity contribution in [3.8, 4) is 0 Å². The molecule has 4 nitrogen and oxygen atoms in total. The Hall–Kier alpha value is -1.33. The van der Waals surface area contributed by atoms with Crippen LogP contribution in [0.2, 0.25) is 0 Å². The first-order chi connectivity index (χ1) is 7.99. The lowest BCUT2D eigenvalue weighted by Crippen LogP contribution is -2.32. The van der Waals surface area contributed by atoms with Gasteiger partial charge in [0.2, 0.25) is 10.0 Å². The Morgan fingerprint density at radius 2 is 1.94 bits per heavy atom. The summed E-state index contributed by atoms with van der Waals surface area (Å²) in [6, 6.07) is 4.74. The number of rotatable bonds is 3. The van der Waals surface area contributed by atoms with Gasteiger partial charge >= 0.3 is 0 Å². The smallest absolute Gasteiger partial charge is 0.240 e. The third-order valence-electron chi connectivity index (χ3n) is 2.88. The van der Waals surface area contributed by atoms with E-state index in [1.807, 2.05) is 12.2 Å². The van der Waals surface area contributed by atoms with Crippen molar-refractivity contribution < 1.29 is 8.42 Å². The van der Waals surface area contributed by atoms with E-state index in [-0.39, 0.29) is 10.9 Å². The molecule has 1 aromatic carbocycles. The number of benzene rings is 1. The molecule has 0 unspecified atom stereocenters. The fraction of sp³-hybridized carbons (Fsp3) is 0.333. The third kappa shape index (κ3) is 2.68. The Bertz CT molecular complexity index is 542. The maximum absolute atomic E-state index is 12.1. The first kappa shape index (κ1) is 12.1. The molecule has 1 aromatic rings. The zero-order valence-electron chi connectivity index (χ0n) is 9.68. The molecule has 0 saturated heterocycles. The molecule has 0 aliphatic heterocycles. The molecular weight excluding hydrogens is 236 g/mol. The summed E-state index contributed by atoms with van der Waals surface area (Å²) in [6.45, 7) is 1.80. The molecule has 0 aromatic heterocycles. The number of sulfonamides is 1. The number of nitrogens with two attached hydrogens (primary N) is 1. The van der Waals surface area contributed by atoms with Crippen LogP contribution in [0.15, 0.2) is 35.2 Å². The summed E-state index contributed by atoms with van der Waals surface area (Å²) in [7, 11) is -3.43. The van der Waals surface area contributed by atoms with E-state index in [0.29, 0.717) is 5.69 Å². The van der Waals surface area contributed by atoms with Crippen LogP contribution in [0.1, 0.15) is 18.4 Å². The number of hydrogen-bond acceptors (Lipinski definition) is 3. The summed E-state index contributed by atoms with van der Waals surface area (Å²) in [6.07, 6.45) is 5.49. The lowest BCUT2D eigenvalue weighted by molar-refractivity contribution is 0.557. The van der Waals surface area contributed by atoms with Gasteiger partial charge in [0.1, 0.15) is 0 Å². The van der Waals surface area contributed by atoms with Crippen molar-refractivity contribution in [2.24, 2.45) is 0 Å². The monoisotopic (exact) mass is 252 g/mol. The number of nitrogen functional groups attached to an aromatic ring is 1. The summed E-state index contributed by atoms with van der Waals surface area (Å²) < 4.78 is 26.8. The van der Waals surface area contributed by atoms with Crippen molar-refractivity contribution >= 4 is 15.7 Å². The standard InChI is InChI=1S/C12H16N2O2S/c1-9-8-11(6-7-12(9)13)17(15,16)14-10-4-2-3-5-10/h2-3,6-8,10,14H,4-5,13H2,1H3. The van der Waals surface area contributed by atoms with Crippen LogP contribution in [0, 0.1) is 6.92 Å². The summed E-state index contributed by atoms with van der Waals surface area (Å²) in [5, 5.41) is 0. The van der Waals surface area contributed by atoms with E-state index >= 15 is 0 Å². The fourth-order valence-electron chi connectivity index (χ4n) is 1.82. The molecule has 0 atom stereocenters. The lowest BCUT2D eigenvalue weighted by atomic mass is 10.2. The van der Waals surface area contributed by atoms with Gasteiger partial charge < -0.3 is 5.73 Å². The second kappa shape index (κ2) is 4.50. The topological polar surface area (TPSA) is 72.2 Å². The quantitative estimate of drug-likeness (QED) is 0.633. The van der Waals surface area contributed by atoms with Crippen LogP contribution < -0.4 is 10.5 Å². The molecule has 3 N–H and O–H groups in total. The van der Waals surface area contributed by atoms with E-state index in [2.05, 4.69) is 4.72 Å². The largest absolute Gasteiger partial charge is 0.399 e. The van der Waals surface area contributed by atoms with Gasteiger partial charge in [0.25, 0.3) is 0 Å². The van der Waals surface area contributed by atoms with Crippen molar-refractivity contribution in [1.82, 2.24) is 4.72 Å². The average Bonchev–Trinajstić information content (AvgIpc) is 2.73. The first-order valence-corrected chi connectivity index (χ1v) is 7.01. The maximum atomic E-state index is 12.1. The highest BCUT2D eigenvalue weighted by Gasteiger charge is 2.20. The van der Waals surface area contributed by atoms with Crippen molar-refractivity contribution in [2.75, 3.05) is 5.73 Å². The Morgan fingerprint density at radius 3 is 2.53 bits per heavy atom. The van der Waals surface area contributed by atoms with Gasteiger partial charge in [-0.1, -0.05) is 12.2 Å². The molecule has 0 amide bonds. The summed E-state index contributed by atoms with van der Waals surface area (Å²) in [5.74, 6) is 0. The third-order valence-corrected chi connectivity index (χ3v) is 4.40. The molecule has 92 valence electrons. The predicted molar refractivity (Wildman–Crippen MR) is 68.1 cm³/mol. The van der Waals surface area contributed by atoms with Crippen LogP contribution in [0.5, 0.6) is 0 Å². The maximum Gasteiger partial charge on any atom is 0.240 e. The van der Waals surface area contributed by atoms with Crippen molar-refractivity contribution in [3.05, 3.63) is 35.9 Å². The minimum atomic E-state index is -3.43. The number of nitrogens with one attached hydrogen (secondary N) is 1. The molecule has 0 bridgehead atoms. The summed E-state index contributed by atoms with van der Waals surface area (Å²) in [4.78, 5) is 0.274. The van der Waals surface area contributed by atoms with E-state index in [1.165, 1.54) is 6.07 Å². The van der Waals surface area contributed by atoms with Crippen molar-refractivity contribution in [3.63, 3.8) is 0 Å². The van der Waals surface area contributed by atoms with Crippen LogP contribution in [0.25, 0.3) is 0 Å². The summed E-state index contributed by atoms with van der Waals surface area (Å²) >= 11 is 0. The first-order valence-electron chi connectivity index (χ1n) is 5.52. The molecule has 5 heteroatoms. The van der Waals surface area contributed by atoms with Crippen LogP contribution in [0.4, 0.5) is 5.69 Å². The van der Waals surface area contributed by atoms with E-state index in [9.17, 15) is 8.42 Å². The van der Waals surface area contributed by atoms with Gasteiger partial charge in [-0.05, 0) is 43.5 Å². The second-order valence-electron chi connectivity index (χ2n) is 4.28. The highest BCUT2D eigenvalue weighted by atomic mass is 32.2. The fourth-order valence-corrected chi connectivity index (χ4v) is 3.16. The predicted octanol–water partition coefficient (Wildman–Crippen LogP) is 1.57. The molecule has 0 heterocycles. The number of hydrogen-bond donors (Lipinski definition) is 2. The van der Waals surface area contributed by atoms with Crippen LogP contribution in [-0.4, -0.2) is 14.5 Å². The normalized spacial score (nSPS) is 16.5. The summed E-state index contributed by atoms with van der Waals surface area (Å²) in [5.41, 5.74) is 7.05. The molecule has 1 aliphatic carbocycles. The van der Waals surface area contributed by atoms with E-state index in [4.69, 9.17) is 5.73 Å². The van der Waals surface area contributed by atoms with Gasteiger partial charge in [-0.2, -0.15) is 0 Å². The molecule has 0 fully saturated rings. The molecule has 1 aliphatic rings. The molecule has 0 saturated carbocycles. The second-order valence-corrected chi connectivity index (χ2v) is 5.99. The molecule has 2 rings (SSSR count). The highest BCUT2D eigenvalue weighted by Crippen LogP contribution is 2.19. The molecule has 0 radical (unpaired) electrons. The van der Waals surface area contributed by atoms with E-state index < -0.39 is 10.0 Å². The Balaban J connectivity index is 2.22. The Morgan fingerprint density at radius 1 is 1.29 bits per heavy atom. The SMILES string of the molecule is Cc1cc(S(=O)(=O)NC2CC=CC2)ccc1N. The zero-order valence-corrected chi connectivity index (χ0v) is 10.5. The van der Waals surface area contributed by atoms with Crippen LogP contribution in [-0.2, 0) is 10.0 Å². The van der Waals surface area contributed by atoms with Gasteiger partial charge in [-0.15, -0.1) is 0 Å². The molecule has 17 heavy (non-hydrogen) atoms. The van der Waals surface area contributed by atoms with Crippen molar-refractivity contribution in [2.45, 2.75) is 30.7 Å². The van der Waals surface area contributed by atoms with E-state index in [0.717, 1.165) is 18.4 Å². The van der Waals surface area contributed by atoms with Crippen LogP contribution >= 0.6 is 0 Å². The lowest BCUT2D eigenvalue weighted by Gasteiger charge is -2.13. The van der Waals surface area contributed by atoms with Gasteiger partial charge in [-0.3, -0.25) is 0 Å². The Labute approximate surface area is 102 Å². The highest BCUT2D eigenvalue weighted by molar-refractivity contribution is 7.89. The van der Waals surface area contributed by atoms with Crippen LogP contribution in [0.3, 0.4) is 0 Å². The van der Waals surface area contributed by atoms with E-state index in [1.54, 1.807) is 19.1 Å². The van der Waals surface area contributed by atoms with Gasteiger partial charge in [0.15, 0.2) is 0 Å². The number of anilines is 1. The minimum Gasteiger partial charge on any atom is -0.399 e. The average molecular weight is 252 g/mol. The zero-order chi connectivity index (χ0) is 12.5. The van der Waals surface area contributed by atoms with Crippen molar-refractivity contribution in [1.29, 1.82) is 0 Å². The molecule has 0 spiro atoms. The molecular formula is C12H16N2O2S. The minimum absolute atomic E-state index is 0.0159.